The fourth-order valence-electron chi connectivity index (χ4n) is 23.5. The molecule has 0 unspecified atom stereocenters. The van der Waals surface area contributed by atoms with E-state index in [1.54, 1.807) is 12.4 Å². The molecule has 0 aliphatic heterocycles. The van der Waals surface area contributed by atoms with Gasteiger partial charge in [0.2, 0.25) is 0 Å². The number of hydrogen-bond acceptors (Lipinski definition) is 6. The van der Waals surface area contributed by atoms with E-state index >= 15 is 0 Å². The van der Waals surface area contributed by atoms with E-state index in [1.165, 1.54) is 179 Å². The van der Waals surface area contributed by atoms with Gasteiger partial charge in [0.15, 0.2) is 11.6 Å². The Labute approximate surface area is 856 Å². The first kappa shape index (κ1) is 85.7. The van der Waals surface area contributed by atoms with Gasteiger partial charge >= 0.3 is 0 Å². The second kappa shape index (κ2) is 35.5. The molecular formula is C140H87N9. The van der Waals surface area contributed by atoms with Crippen LogP contribution in [0.5, 0.6) is 0 Å². The Morgan fingerprint density at radius 2 is 0.483 bits per heavy atom. The molecule has 6 aromatic heterocycles. The van der Waals surface area contributed by atoms with Crippen LogP contribution in [0.1, 0.15) is 0 Å². The van der Waals surface area contributed by atoms with Crippen LogP contribution in [-0.2, 0) is 0 Å². The lowest BCUT2D eigenvalue weighted by Crippen LogP contribution is -1.97. The molecule has 9 heteroatoms. The minimum Gasteiger partial charge on any atom is -0.309 e. The van der Waals surface area contributed by atoms with Crippen LogP contribution in [0.25, 0.3) is 291 Å². The van der Waals surface area contributed by atoms with E-state index in [0.717, 1.165) is 112 Å². The van der Waals surface area contributed by atoms with E-state index in [0.29, 0.717) is 0 Å². The summed E-state index contributed by atoms with van der Waals surface area (Å²) in [6.07, 6.45) is 3.51. The first-order valence-corrected chi connectivity index (χ1v) is 50.8. The smallest absolute Gasteiger partial charge is 0.160 e. The Morgan fingerprint density at radius 3 is 0.926 bits per heavy atom. The zero-order chi connectivity index (χ0) is 98.1. The first-order chi connectivity index (χ1) is 73.9. The lowest BCUT2D eigenvalue weighted by Gasteiger charge is -2.16. The average molecular weight is 1900 g/mol. The molecule has 0 saturated heterocycles. The Bertz CT molecular complexity index is 10500. The van der Waals surface area contributed by atoms with Crippen LogP contribution in [0.2, 0.25) is 0 Å². The fourth-order valence-corrected chi connectivity index (χ4v) is 23.5. The van der Waals surface area contributed by atoms with Crippen LogP contribution in [-0.4, -0.2) is 43.6 Å². The molecule has 0 radical (unpaired) electrons. The molecule has 9 nitrogen and oxygen atoms in total. The standard InChI is InChI=1S/2C50H31N3.C40H25N3/c1-3-15-34(16-4-1)49-42-30-36(23-26-43(42)51-50(52-49)35-17-5-2-6-18-35)38-29-37-19-9-10-20-39(37)46(31-38)53-44-27-24-32-13-7-11-21-40(32)47(44)48-41-22-12-8-14-33(41)25-28-45(48)53;1-3-15-34(16-4-1)49-42-31-36(23-27-43(42)51-50(52-49)35-17-5-2-6-18-35)37-26-30-44(41-22-12-11-21-40(37)41)53-45-28-24-32-13-7-9-19-38(32)47(45)48-39-20-10-8-14-33(39)25-29-46(48)53;1-3-11-26(12-4-1)33-24-37-39(31-17-9-7-15-29(31)33)40-32-18-10-8-16-30(32)34(27-13-5-2-6-14-27)25-38(40)43(37)28-19-20-35-36(23-28)42-22-21-41-35/h2*1-31H;1-25H. The summed E-state index contributed by atoms with van der Waals surface area (Å²) in [4.78, 5) is 29.7. The summed E-state index contributed by atoms with van der Waals surface area (Å²) in [6.45, 7) is 0. The third kappa shape index (κ3) is 14.5. The number of nitrogens with zero attached hydrogens (tertiary/aromatic N) is 9. The van der Waals surface area contributed by atoms with Gasteiger partial charge in [-0.15, -0.1) is 0 Å². The minimum atomic E-state index is 0.726. The summed E-state index contributed by atoms with van der Waals surface area (Å²) < 4.78 is 7.39. The van der Waals surface area contributed by atoms with Crippen molar-refractivity contribution in [3.63, 3.8) is 0 Å². The molecule has 692 valence electrons. The van der Waals surface area contributed by atoms with E-state index in [9.17, 15) is 0 Å². The van der Waals surface area contributed by atoms with Gasteiger partial charge < -0.3 is 13.7 Å². The number of hydrogen-bond donors (Lipinski definition) is 0. The van der Waals surface area contributed by atoms with E-state index in [1.807, 2.05) is 48.5 Å². The van der Waals surface area contributed by atoms with Crippen LogP contribution in [0.3, 0.4) is 0 Å². The largest absolute Gasteiger partial charge is 0.309 e. The first-order valence-electron chi connectivity index (χ1n) is 50.8. The van der Waals surface area contributed by atoms with Crippen molar-refractivity contribution in [3.8, 4) is 107 Å². The molecule has 149 heavy (non-hydrogen) atoms. The molecule has 6 heterocycles. The molecule has 0 spiro atoms. The maximum absolute atomic E-state index is 5.19. The molecule has 0 aliphatic carbocycles. The summed E-state index contributed by atoms with van der Waals surface area (Å²) in [5.74, 6) is 1.45. The zero-order valence-electron chi connectivity index (χ0n) is 80.8. The van der Waals surface area contributed by atoms with Crippen molar-refractivity contribution < 1.29 is 0 Å². The summed E-state index contributed by atoms with van der Waals surface area (Å²) in [5.41, 5.74) is 29.6. The molecule has 0 aliphatic rings. The Morgan fingerprint density at radius 1 is 0.148 bits per heavy atom. The van der Waals surface area contributed by atoms with Crippen LogP contribution in [0.4, 0.5) is 0 Å². The van der Waals surface area contributed by atoms with Crippen LogP contribution in [0, 0.1) is 0 Å². The maximum atomic E-state index is 5.19. The molecule has 0 fully saturated rings. The molecule has 0 amide bonds. The highest BCUT2D eigenvalue weighted by molar-refractivity contribution is 6.34. The second-order valence-electron chi connectivity index (χ2n) is 38.5. The van der Waals surface area contributed by atoms with Gasteiger partial charge in [-0.1, -0.05) is 419 Å². The van der Waals surface area contributed by atoms with Gasteiger partial charge in [0, 0.05) is 94.2 Å². The second-order valence-corrected chi connectivity index (χ2v) is 38.5. The highest BCUT2D eigenvalue weighted by Crippen LogP contribution is 2.51. The molecule has 25 aromatic carbocycles. The average Bonchev–Trinajstić information content (AvgIpc) is 1.55. The molecule has 0 atom stereocenters. The molecule has 0 saturated carbocycles. The van der Waals surface area contributed by atoms with E-state index in [4.69, 9.17) is 19.9 Å². The topological polar surface area (TPSA) is 92.1 Å². The summed E-state index contributed by atoms with van der Waals surface area (Å²) in [7, 11) is 0. The van der Waals surface area contributed by atoms with Gasteiger partial charge in [0.05, 0.1) is 77.9 Å². The monoisotopic (exact) mass is 1890 g/mol. The van der Waals surface area contributed by atoms with Crippen molar-refractivity contribution in [1.82, 2.24) is 43.6 Å². The quantitative estimate of drug-likeness (QED) is 0.128. The highest BCUT2D eigenvalue weighted by atomic mass is 15.0. The predicted molar refractivity (Wildman–Crippen MR) is 625 cm³/mol. The predicted octanol–water partition coefficient (Wildman–Crippen LogP) is 36.7. The normalized spacial score (nSPS) is 11.8. The van der Waals surface area contributed by atoms with Gasteiger partial charge in [-0.05, 0) is 217 Å². The third-order valence-electron chi connectivity index (χ3n) is 30.2. The Hall–Kier alpha value is -20.0. The van der Waals surface area contributed by atoms with Crippen molar-refractivity contribution in [2.45, 2.75) is 0 Å². The summed E-state index contributed by atoms with van der Waals surface area (Å²) >= 11 is 0. The molecule has 31 rings (SSSR count). The summed E-state index contributed by atoms with van der Waals surface area (Å²) in [5, 5.41) is 29.6. The fraction of sp³-hybridized carbons (Fsp3) is 0. The van der Waals surface area contributed by atoms with Crippen molar-refractivity contribution in [2.75, 3.05) is 0 Å². The summed E-state index contributed by atoms with van der Waals surface area (Å²) in [6, 6.07) is 185. The lowest BCUT2D eigenvalue weighted by atomic mass is 9.92. The van der Waals surface area contributed by atoms with Crippen molar-refractivity contribution in [2.24, 2.45) is 0 Å². The number of aromatic nitrogens is 9. The Kier molecular flexibility index (Phi) is 20.5. The zero-order valence-corrected chi connectivity index (χ0v) is 80.8. The molecule has 0 bridgehead atoms. The van der Waals surface area contributed by atoms with Crippen LogP contribution < -0.4 is 0 Å². The van der Waals surface area contributed by atoms with E-state index < -0.39 is 0 Å². The van der Waals surface area contributed by atoms with Crippen molar-refractivity contribution in [3.05, 3.63) is 528 Å². The minimum absolute atomic E-state index is 0.726. The van der Waals surface area contributed by atoms with Crippen LogP contribution >= 0.6 is 0 Å². The third-order valence-corrected chi connectivity index (χ3v) is 30.2. The SMILES string of the molecule is c1ccc(-c2cc3c(c4ccccc24)c2c4ccccc4c(-c4ccccc4)cc2n3-c2ccc3nccnc3c2)cc1.c1ccc(-c2nc(-c3ccccc3)c3cc(-c4cc(-n5c6ccc7ccccc7c6c6c7ccccc7ccc65)c5ccccc5c4)ccc3n2)cc1.c1ccc(-c2nc(-c3ccccc3)c3cc(-c4ccc(-n5c6ccc7ccccc7c6c6c7ccccc7ccc65)c5ccccc45)ccc3n2)cc1. The maximum Gasteiger partial charge on any atom is 0.160 e. The highest BCUT2D eigenvalue weighted by Gasteiger charge is 2.28. The van der Waals surface area contributed by atoms with Crippen molar-refractivity contribution in [1.29, 1.82) is 0 Å². The van der Waals surface area contributed by atoms with Gasteiger partial charge in [-0.2, -0.15) is 0 Å². The molecule has 31 aromatic rings. The molecule has 0 N–H and O–H groups in total. The molecular weight excluding hydrogens is 1810 g/mol. The van der Waals surface area contributed by atoms with E-state index in [2.05, 4.69) is 491 Å². The van der Waals surface area contributed by atoms with Gasteiger partial charge in [-0.3, -0.25) is 9.97 Å². The van der Waals surface area contributed by atoms with Gasteiger partial charge in [0.25, 0.3) is 0 Å². The number of fused-ring (bicyclic) bond motifs is 26. The number of rotatable bonds is 11. The van der Waals surface area contributed by atoms with Gasteiger partial charge in [0.1, 0.15) is 0 Å². The van der Waals surface area contributed by atoms with Crippen molar-refractivity contribution >= 4 is 184 Å². The van der Waals surface area contributed by atoms with Crippen LogP contribution in [0.15, 0.2) is 528 Å². The van der Waals surface area contributed by atoms with Gasteiger partial charge in [-0.25, -0.2) is 19.9 Å². The lowest BCUT2D eigenvalue weighted by molar-refractivity contribution is 1.18. The Balaban J connectivity index is 0.000000106. The van der Waals surface area contributed by atoms with E-state index in [-0.39, 0.29) is 0 Å². The number of benzene rings is 25.